The molecule has 0 aliphatic carbocycles. The molecule has 1 aliphatic heterocycles. The van der Waals surface area contributed by atoms with Gasteiger partial charge in [0.25, 0.3) is 0 Å². The Hall–Kier alpha value is -1.03. The molecule has 1 aromatic rings. The molecular weight excluding hydrogens is 212 g/mol. The third-order valence-electron chi connectivity index (χ3n) is 3.64. The summed E-state index contributed by atoms with van der Waals surface area (Å²) in [5, 5.41) is 7.58. The topological polar surface area (TPSA) is 57.9 Å². The Bertz CT molecular complexity index is 356. The van der Waals surface area contributed by atoms with Gasteiger partial charge >= 0.3 is 0 Å². The molecule has 17 heavy (non-hydrogen) atoms. The molecule has 4 heteroatoms. The Labute approximate surface area is 104 Å². The van der Waals surface area contributed by atoms with Crippen LogP contribution in [0.25, 0.3) is 0 Å². The van der Waals surface area contributed by atoms with Crippen LogP contribution in [0.4, 0.5) is 5.82 Å². The van der Waals surface area contributed by atoms with Gasteiger partial charge in [0.2, 0.25) is 0 Å². The maximum Gasteiger partial charge on any atom is 0.150 e. The maximum atomic E-state index is 5.71. The smallest absolute Gasteiger partial charge is 0.150 e. The molecule has 3 N–H and O–H groups in total. The van der Waals surface area contributed by atoms with Gasteiger partial charge in [-0.3, -0.25) is 5.10 Å². The van der Waals surface area contributed by atoms with Crippen LogP contribution in [0.1, 0.15) is 39.3 Å². The molecule has 1 saturated heterocycles. The van der Waals surface area contributed by atoms with Crippen LogP contribution in [0.15, 0.2) is 6.07 Å². The van der Waals surface area contributed by atoms with Gasteiger partial charge in [-0.2, -0.15) is 5.10 Å². The van der Waals surface area contributed by atoms with Crippen LogP contribution in [-0.4, -0.2) is 29.8 Å². The number of hydrogen-bond acceptors (Lipinski definition) is 3. The zero-order valence-corrected chi connectivity index (χ0v) is 11.2. The first-order valence-corrected chi connectivity index (χ1v) is 6.51. The number of nitrogens with zero attached hydrogens (tertiary/aromatic N) is 2. The van der Waals surface area contributed by atoms with Crippen molar-refractivity contribution in [1.29, 1.82) is 0 Å². The predicted molar refractivity (Wildman–Crippen MR) is 71.3 cm³/mol. The maximum absolute atomic E-state index is 5.71. The van der Waals surface area contributed by atoms with Crippen molar-refractivity contribution in [3.05, 3.63) is 11.8 Å². The van der Waals surface area contributed by atoms with Crippen LogP contribution in [0.3, 0.4) is 0 Å². The van der Waals surface area contributed by atoms with Crippen molar-refractivity contribution in [3.63, 3.8) is 0 Å². The first-order chi connectivity index (χ1) is 8.00. The van der Waals surface area contributed by atoms with Crippen molar-refractivity contribution in [2.45, 2.75) is 39.0 Å². The number of nitrogens with one attached hydrogen (secondary N) is 1. The molecule has 1 fully saturated rings. The summed E-state index contributed by atoms with van der Waals surface area (Å²) in [4.78, 5) is 2.36. The van der Waals surface area contributed by atoms with Gasteiger partial charge in [-0.1, -0.05) is 20.8 Å². The predicted octanol–water partition coefficient (Wildman–Crippen LogP) is 1.88. The van der Waals surface area contributed by atoms with Crippen molar-refractivity contribution < 1.29 is 0 Å². The fourth-order valence-corrected chi connectivity index (χ4v) is 2.26. The van der Waals surface area contributed by atoms with E-state index in [1.807, 2.05) is 0 Å². The summed E-state index contributed by atoms with van der Waals surface area (Å²) in [5.74, 6) is 1.79. The van der Waals surface area contributed by atoms with Crippen molar-refractivity contribution >= 4 is 5.82 Å². The highest BCUT2D eigenvalue weighted by molar-refractivity contribution is 5.41. The largest absolute Gasteiger partial charge is 0.355 e. The van der Waals surface area contributed by atoms with Crippen LogP contribution in [0, 0.1) is 5.92 Å². The molecule has 0 aromatic carbocycles. The summed E-state index contributed by atoms with van der Waals surface area (Å²) >= 11 is 0. The summed E-state index contributed by atoms with van der Waals surface area (Å²) in [5.41, 5.74) is 7.05. The quantitative estimate of drug-likeness (QED) is 0.824. The van der Waals surface area contributed by atoms with Crippen LogP contribution >= 0.6 is 0 Å². The first-order valence-electron chi connectivity index (χ1n) is 6.51. The number of H-pyrrole nitrogens is 1. The van der Waals surface area contributed by atoms with Gasteiger partial charge in [-0.05, 0) is 25.3 Å². The Kier molecular flexibility index (Phi) is 3.43. The number of hydrogen-bond donors (Lipinski definition) is 2. The number of piperidine rings is 1. The lowest BCUT2D eigenvalue weighted by molar-refractivity contribution is 0.413. The molecule has 0 atom stereocenters. The zero-order chi connectivity index (χ0) is 12.5. The fraction of sp³-hybridized carbons (Fsp3) is 0.769. The lowest BCUT2D eigenvalue weighted by Gasteiger charge is -2.31. The van der Waals surface area contributed by atoms with Crippen molar-refractivity contribution in [1.82, 2.24) is 10.2 Å². The van der Waals surface area contributed by atoms with Gasteiger partial charge in [0.05, 0.1) is 0 Å². The van der Waals surface area contributed by atoms with Crippen molar-refractivity contribution in [2.24, 2.45) is 11.7 Å². The fourth-order valence-electron chi connectivity index (χ4n) is 2.26. The monoisotopic (exact) mass is 236 g/mol. The van der Waals surface area contributed by atoms with Crippen LogP contribution < -0.4 is 10.6 Å². The van der Waals surface area contributed by atoms with E-state index in [0.29, 0.717) is 5.92 Å². The van der Waals surface area contributed by atoms with E-state index in [4.69, 9.17) is 5.73 Å². The van der Waals surface area contributed by atoms with Crippen molar-refractivity contribution in [2.75, 3.05) is 24.5 Å². The van der Waals surface area contributed by atoms with E-state index >= 15 is 0 Å². The number of aromatic nitrogens is 2. The van der Waals surface area contributed by atoms with Crippen LogP contribution in [0.5, 0.6) is 0 Å². The molecule has 0 spiro atoms. The average Bonchev–Trinajstić information content (AvgIpc) is 2.78. The minimum Gasteiger partial charge on any atom is -0.355 e. The number of aromatic amines is 1. The molecule has 0 radical (unpaired) electrons. The van der Waals surface area contributed by atoms with Gasteiger partial charge in [0.1, 0.15) is 0 Å². The van der Waals surface area contributed by atoms with E-state index in [9.17, 15) is 0 Å². The van der Waals surface area contributed by atoms with Crippen LogP contribution in [0.2, 0.25) is 0 Å². The summed E-state index contributed by atoms with van der Waals surface area (Å²) in [6, 6.07) is 2.18. The molecule has 0 bridgehead atoms. The highest BCUT2D eigenvalue weighted by atomic mass is 15.3. The molecule has 0 unspecified atom stereocenters. The molecule has 1 aromatic heterocycles. The first kappa shape index (κ1) is 12.4. The van der Waals surface area contributed by atoms with Crippen molar-refractivity contribution in [3.8, 4) is 0 Å². The zero-order valence-electron chi connectivity index (χ0n) is 11.2. The lowest BCUT2D eigenvalue weighted by Crippen LogP contribution is -2.36. The SMILES string of the molecule is CC(C)(C)c1cc(N2CCC(CN)CC2)n[nH]1. The third-order valence-corrected chi connectivity index (χ3v) is 3.64. The normalized spacial score (nSPS) is 18.7. The Balaban J connectivity index is 2.02. The second-order valence-electron chi connectivity index (χ2n) is 6.06. The van der Waals surface area contributed by atoms with E-state index in [0.717, 1.165) is 25.5 Å². The van der Waals surface area contributed by atoms with Gasteiger partial charge in [-0.25, -0.2) is 0 Å². The van der Waals surface area contributed by atoms with E-state index in [2.05, 4.69) is 41.9 Å². The Morgan fingerprint density at radius 1 is 1.41 bits per heavy atom. The highest BCUT2D eigenvalue weighted by Crippen LogP contribution is 2.26. The van der Waals surface area contributed by atoms with Gasteiger partial charge in [-0.15, -0.1) is 0 Å². The summed E-state index contributed by atoms with van der Waals surface area (Å²) < 4.78 is 0. The van der Waals surface area contributed by atoms with Gasteiger partial charge in [0.15, 0.2) is 5.82 Å². The minimum atomic E-state index is 0.140. The molecule has 0 amide bonds. The Morgan fingerprint density at radius 3 is 2.53 bits per heavy atom. The third kappa shape index (κ3) is 2.80. The lowest BCUT2D eigenvalue weighted by atomic mass is 9.92. The molecular formula is C13H24N4. The molecule has 96 valence electrons. The Morgan fingerprint density at radius 2 is 2.06 bits per heavy atom. The van der Waals surface area contributed by atoms with E-state index in [-0.39, 0.29) is 5.41 Å². The minimum absolute atomic E-state index is 0.140. The number of nitrogens with two attached hydrogens (primary N) is 1. The number of rotatable bonds is 2. The van der Waals surface area contributed by atoms with Gasteiger partial charge in [0, 0.05) is 30.3 Å². The summed E-state index contributed by atoms with van der Waals surface area (Å²) in [6.45, 7) is 9.58. The molecule has 4 nitrogen and oxygen atoms in total. The summed E-state index contributed by atoms with van der Waals surface area (Å²) in [6.07, 6.45) is 2.38. The van der Waals surface area contributed by atoms with E-state index < -0.39 is 0 Å². The van der Waals surface area contributed by atoms with E-state index in [1.54, 1.807) is 0 Å². The molecule has 0 saturated carbocycles. The highest BCUT2D eigenvalue weighted by Gasteiger charge is 2.22. The molecule has 1 aliphatic rings. The average molecular weight is 236 g/mol. The molecule has 2 rings (SSSR count). The second-order valence-corrected chi connectivity index (χ2v) is 6.06. The standard InChI is InChI=1S/C13H24N4/c1-13(2,3)11-8-12(16-15-11)17-6-4-10(9-14)5-7-17/h8,10H,4-7,9,14H2,1-3H3,(H,15,16). The molecule has 2 heterocycles. The van der Waals surface area contributed by atoms with Gasteiger partial charge < -0.3 is 10.6 Å². The van der Waals surface area contributed by atoms with E-state index in [1.165, 1.54) is 18.5 Å². The van der Waals surface area contributed by atoms with Crippen LogP contribution in [-0.2, 0) is 5.41 Å². The summed E-state index contributed by atoms with van der Waals surface area (Å²) in [7, 11) is 0. The number of anilines is 1. The second kappa shape index (κ2) is 4.69.